The third-order valence-corrected chi connectivity index (χ3v) is 4.42. The Kier molecular flexibility index (Phi) is 6.06. The molecule has 23 heavy (non-hydrogen) atoms. The number of likely N-dealkylation sites (tertiary alicyclic amines) is 1. The van der Waals surface area contributed by atoms with Gasteiger partial charge in [0.1, 0.15) is 0 Å². The summed E-state index contributed by atoms with van der Waals surface area (Å²) < 4.78 is 26.7. The molecular formula is C15H18BrF2N3O2. The molecule has 2 rings (SSSR count). The van der Waals surface area contributed by atoms with Gasteiger partial charge in [-0.25, -0.2) is 8.78 Å². The number of nitrogens with two attached hydrogens (primary N) is 1. The lowest BCUT2D eigenvalue weighted by molar-refractivity contribution is -0.126. The number of hydrogen-bond donors (Lipinski definition) is 2. The molecule has 0 radical (unpaired) electrons. The first-order valence-corrected chi connectivity index (χ1v) is 8.15. The van der Waals surface area contributed by atoms with E-state index in [9.17, 15) is 18.4 Å². The second-order valence-corrected chi connectivity index (χ2v) is 6.27. The smallest absolute Gasteiger partial charge is 0.255 e. The van der Waals surface area contributed by atoms with Gasteiger partial charge in [-0.2, -0.15) is 0 Å². The van der Waals surface area contributed by atoms with Crippen molar-refractivity contribution in [2.75, 3.05) is 26.2 Å². The summed E-state index contributed by atoms with van der Waals surface area (Å²) in [5.74, 6) is -2.98. The van der Waals surface area contributed by atoms with E-state index in [1.807, 2.05) is 0 Å². The summed E-state index contributed by atoms with van der Waals surface area (Å²) in [6, 6.07) is 1.80. The van der Waals surface area contributed by atoms with Gasteiger partial charge in [0.2, 0.25) is 5.91 Å². The molecule has 8 heteroatoms. The lowest BCUT2D eigenvalue weighted by atomic mass is 9.96. The molecule has 1 atom stereocenters. The Morgan fingerprint density at radius 2 is 2.04 bits per heavy atom. The molecule has 1 aliphatic heterocycles. The molecule has 1 fully saturated rings. The molecule has 5 nitrogen and oxygen atoms in total. The molecule has 1 aromatic carbocycles. The van der Waals surface area contributed by atoms with Crippen molar-refractivity contribution in [3.05, 3.63) is 33.8 Å². The predicted molar refractivity (Wildman–Crippen MR) is 84.7 cm³/mol. The van der Waals surface area contributed by atoms with Crippen molar-refractivity contribution in [3.63, 3.8) is 0 Å². The van der Waals surface area contributed by atoms with Crippen LogP contribution in [-0.2, 0) is 4.79 Å². The number of benzene rings is 1. The zero-order valence-electron chi connectivity index (χ0n) is 12.4. The molecule has 2 amide bonds. The monoisotopic (exact) mass is 389 g/mol. The van der Waals surface area contributed by atoms with E-state index < -0.39 is 17.5 Å². The van der Waals surface area contributed by atoms with E-state index in [0.717, 1.165) is 12.1 Å². The third kappa shape index (κ3) is 4.26. The highest BCUT2D eigenvalue weighted by atomic mass is 79.9. The Balaban J connectivity index is 2.10. The molecule has 3 N–H and O–H groups in total. The first-order valence-electron chi connectivity index (χ1n) is 7.35. The fourth-order valence-corrected chi connectivity index (χ4v) is 3.06. The van der Waals surface area contributed by atoms with Crippen molar-refractivity contribution in [2.45, 2.75) is 12.8 Å². The third-order valence-electron chi connectivity index (χ3n) is 3.76. The van der Waals surface area contributed by atoms with Crippen LogP contribution in [0.2, 0.25) is 0 Å². The van der Waals surface area contributed by atoms with Crippen LogP contribution in [0.25, 0.3) is 0 Å². The topological polar surface area (TPSA) is 75.4 Å². The maximum atomic E-state index is 13.4. The SMILES string of the molecule is NCCNC(=O)C1CCCN(C(=O)c2cc(F)c(F)cc2Br)C1. The van der Waals surface area contributed by atoms with Gasteiger partial charge in [-0.15, -0.1) is 0 Å². The number of nitrogens with zero attached hydrogens (tertiary/aromatic N) is 1. The van der Waals surface area contributed by atoms with E-state index in [2.05, 4.69) is 21.2 Å². The van der Waals surface area contributed by atoms with Crippen molar-refractivity contribution >= 4 is 27.7 Å². The summed E-state index contributed by atoms with van der Waals surface area (Å²) in [7, 11) is 0. The molecule has 1 aromatic rings. The number of carbonyl (C=O) groups excluding carboxylic acids is 2. The van der Waals surface area contributed by atoms with Crippen LogP contribution < -0.4 is 11.1 Å². The molecule has 1 saturated heterocycles. The van der Waals surface area contributed by atoms with Crippen molar-refractivity contribution in [2.24, 2.45) is 11.7 Å². The van der Waals surface area contributed by atoms with Gasteiger partial charge in [0.25, 0.3) is 5.91 Å². The second kappa shape index (κ2) is 7.83. The van der Waals surface area contributed by atoms with Gasteiger partial charge in [-0.05, 0) is 40.9 Å². The zero-order chi connectivity index (χ0) is 17.0. The Hall–Kier alpha value is -1.54. The van der Waals surface area contributed by atoms with Crippen molar-refractivity contribution < 1.29 is 18.4 Å². The summed E-state index contributed by atoms with van der Waals surface area (Å²) >= 11 is 3.08. The van der Waals surface area contributed by atoms with Crippen LogP contribution in [0.5, 0.6) is 0 Å². The summed E-state index contributed by atoms with van der Waals surface area (Å²) in [6.45, 7) is 1.46. The van der Waals surface area contributed by atoms with Gasteiger partial charge >= 0.3 is 0 Å². The fourth-order valence-electron chi connectivity index (χ4n) is 2.57. The Morgan fingerprint density at radius 3 is 2.74 bits per heavy atom. The van der Waals surface area contributed by atoms with Crippen LogP contribution in [0.1, 0.15) is 23.2 Å². The van der Waals surface area contributed by atoms with Crippen molar-refractivity contribution in [3.8, 4) is 0 Å². The lowest BCUT2D eigenvalue weighted by Gasteiger charge is -2.32. The average Bonchev–Trinajstić information content (AvgIpc) is 2.55. The minimum absolute atomic E-state index is 0.0481. The Labute approximate surface area is 141 Å². The predicted octanol–water partition coefficient (Wildman–Crippen LogP) is 1.65. The van der Waals surface area contributed by atoms with Gasteiger partial charge < -0.3 is 16.0 Å². The molecule has 1 aliphatic rings. The molecule has 0 saturated carbocycles. The molecule has 126 valence electrons. The zero-order valence-corrected chi connectivity index (χ0v) is 14.0. The van der Waals surface area contributed by atoms with Gasteiger partial charge in [0.05, 0.1) is 11.5 Å². The van der Waals surface area contributed by atoms with Gasteiger partial charge in [-0.3, -0.25) is 9.59 Å². The summed E-state index contributed by atoms with van der Waals surface area (Å²) in [6.07, 6.45) is 1.35. The highest BCUT2D eigenvalue weighted by Crippen LogP contribution is 2.25. The molecule has 0 aromatic heterocycles. The molecule has 1 unspecified atom stereocenters. The van der Waals surface area contributed by atoms with E-state index >= 15 is 0 Å². The van der Waals surface area contributed by atoms with Gasteiger partial charge in [-0.1, -0.05) is 0 Å². The highest BCUT2D eigenvalue weighted by Gasteiger charge is 2.29. The van der Waals surface area contributed by atoms with Crippen molar-refractivity contribution in [1.82, 2.24) is 10.2 Å². The number of piperidine rings is 1. The molecule has 0 spiro atoms. The normalized spacial score (nSPS) is 17.9. The highest BCUT2D eigenvalue weighted by molar-refractivity contribution is 9.10. The molecule has 0 aliphatic carbocycles. The number of nitrogens with one attached hydrogen (secondary N) is 1. The summed E-state index contributed by atoms with van der Waals surface area (Å²) in [5, 5.41) is 2.71. The van der Waals surface area contributed by atoms with Gasteiger partial charge in [0, 0.05) is 30.7 Å². The Bertz CT molecular complexity index is 613. The van der Waals surface area contributed by atoms with Gasteiger partial charge in [0.15, 0.2) is 11.6 Å². The maximum Gasteiger partial charge on any atom is 0.255 e. The van der Waals surface area contributed by atoms with E-state index in [0.29, 0.717) is 32.5 Å². The first kappa shape index (κ1) is 17.8. The van der Waals surface area contributed by atoms with Crippen LogP contribution in [-0.4, -0.2) is 42.9 Å². The van der Waals surface area contributed by atoms with Crippen LogP contribution in [0, 0.1) is 17.6 Å². The van der Waals surface area contributed by atoms with E-state index in [1.54, 1.807) is 0 Å². The number of rotatable bonds is 4. The lowest BCUT2D eigenvalue weighted by Crippen LogP contribution is -2.46. The minimum Gasteiger partial charge on any atom is -0.355 e. The van der Waals surface area contributed by atoms with E-state index in [1.165, 1.54) is 4.90 Å². The molecule has 1 heterocycles. The van der Waals surface area contributed by atoms with Crippen LogP contribution in [0.3, 0.4) is 0 Å². The average molecular weight is 390 g/mol. The fraction of sp³-hybridized carbons (Fsp3) is 0.467. The largest absolute Gasteiger partial charge is 0.355 e. The minimum atomic E-state index is -1.08. The number of amides is 2. The van der Waals surface area contributed by atoms with E-state index in [4.69, 9.17) is 5.73 Å². The van der Waals surface area contributed by atoms with E-state index in [-0.39, 0.29) is 28.4 Å². The summed E-state index contributed by atoms with van der Waals surface area (Å²) in [5.41, 5.74) is 5.40. The standard InChI is InChI=1S/C15H18BrF2N3O2/c16-11-7-13(18)12(17)6-10(11)15(23)21-5-1-2-9(8-21)14(22)20-4-3-19/h6-7,9H,1-5,8,19H2,(H,20,22). The molecule has 0 bridgehead atoms. The molecular weight excluding hydrogens is 372 g/mol. The number of halogens is 3. The van der Waals surface area contributed by atoms with Crippen molar-refractivity contribution in [1.29, 1.82) is 0 Å². The Morgan fingerprint density at radius 1 is 1.35 bits per heavy atom. The maximum absolute atomic E-state index is 13.4. The number of hydrogen-bond acceptors (Lipinski definition) is 3. The van der Waals surface area contributed by atoms with Crippen LogP contribution in [0.15, 0.2) is 16.6 Å². The number of carbonyl (C=O) groups is 2. The quantitative estimate of drug-likeness (QED) is 0.768. The second-order valence-electron chi connectivity index (χ2n) is 5.42. The van der Waals surface area contributed by atoms with Crippen LogP contribution >= 0.6 is 15.9 Å². The summed E-state index contributed by atoms with van der Waals surface area (Å²) in [4.78, 5) is 26.0. The van der Waals surface area contributed by atoms with Crippen LogP contribution in [0.4, 0.5) is 8.78 Å². The first-order chi connectivity index (χ1) is 10.9.